The maximum absolute atomic E-state index is 12.7. The third-order valence-corrected chi connectivity index (χ3v) is 6.92. The number of halogens is 6. The van der Waals surface area contributed by atoms with Gasteiger partial charge in [-0.25, -0.2) is 0 Å². The normalized spacial score (nSPS) is 11.9. The second kappa shape index (κ2) is 12.3. The zero-order valence-corrected chi connectivity index (χ0v) is 22.7. The molecule has 0 N–H and O–H groups in total. The van der Waals surface area contributed by atoms with E-state index in [9.17, 15) is 45.5 Å². The van der Waals surface area contributed by atoms with Crippen LogP contribution in [0, 0.1) is 0 Å². The maximum Gasteiger partial charge on any atom is 0.458 e. The first-order chi connectivity index (χ1) is 20.2. The van der Waals surface area contributed by atoms with Crippen molar-refractivity contribution in [3.63, 3.8) is 0 Å². The van der Waals surface area contributed by atoms with Crippen molar-refractivity contribution in [2.75, 3.05) is 0 Å². The van der Waals surface area contributed by atoms with Gasteiger partial charge >= 0.3 is 23.9 Å². The van der Waals surface area contributed by atoms with Gasteiger partial charge in [-0.15, -0.1) is 0 Å². The van der Waals surface area contributed by atoms with Crippen LogP contribution in [0.25, 0.3) is 33.0 Å². The summed E-state index contributed by atoms with van der Waals surface area (Å²) in [6.45, 7) is 2.01. The number of ketones is 4. The summed E-state index contributed by atoms with van der Waals surface area (Å²) in [5.74, 6) is -7.95. The molecule has 0 heterocycles. The Kier molecular flexibility index (Phi) is 8.98. The van der Waals surface area contributed by atoms with E-state index in [4.69, 9.17) is 0 Å². The van der Waals surface area contributed by atoms with E-state index in [1.165, 1.54) is 24.3 Å². The first-order valence-corrected chi connectivity index (χ1v) is 13.2. The number of rotatable bonds is 10. The number of hydrogen-bond donors (Lipinski definition) is 0. The molecule has 0 fully saturated rings. The van der Waals surface area contributed by atoms with E-state index >= 15 is 0 Å². The van der Waals surface area contributed by atoms with E-state index in [0.717, 1.165) is 33.9 Å². The molecular formula is C33H24F6O4. The molecule has 4 nitrogen and oxygen atoms in total. The molecule has 0 unspecified atom stereocenters. The minimum absolute atomic E-state index is 0.227. The number of carbonyl (C=O) groups is 4. The summed E-state index contributed by atoms with van der Waals surface area (Å²) in [7, 11) is 0. The Bertz CT molecular complexity index is 1700. The molecule has 0 spiro atoms. The molecule has 222 valence electrons. The molecule has 0 aromatic heterocycles. The highest BCUT2D eigenvalue weighted by atomic mass is 19.4. The van der Waals surface area contributed by atoms with E-state index in [2.05, 4.69) is 0 Å². The first kappa shape index (κ1) is 31.3. The van der Waals surface area contributed by atoms with Crippen LogP contribution < -0.4 is 0 Å². The van der Waals surface area contributed by atoms with Crippen molar-refractivity contribution < 1.29 is 45.5 Å². The lowest BCUT2D eigenvalue weighted by atomic mass is 9.84. The van der Waals surface area contributed by atoms with Crippen molar-refractivity contribution >= 4 is 33.9 Å². The third kappa shape index (κ3) is 7.07. The molecule has 10 heteroatoms. The van der Waals surface area contributed by atoms with Gasteiger partial charge in [0.15, 0.2) is 0 Å². The minimum atomic E-state index is -5.25. The molecule has 43 heavy (non-hydrogen) atoms. The van der Waals surface area contributed by atoms with Crippen LogP contribution in [0.15, 0.2) is 78.9 Å². The topological polar surface area (TPSA) is 68.3 Å². The Balaban J connectivity index is 1.77. The van der Waals surface area contributed by atoms with Gasteiger partial charge in [-0.05, 0) is 62.2 Å². The van der Waals surface area contributed by atoms with E-state index in [-0.39, 0.29) is 11.1 Å². The molecule has 0 aliphatic rings. The molecule has 0 saturated carbocycles. The van der Waals surface area contributed by atoms with E-state index in [1.807, 2.05) is 37.3 Å². The lowest BCUT2D eigenvalue weighted by Gasteiger charge is -2.19. The Hall–Kier alpha value is -4.60. The lowest BCUT2D eigenvalue weighted by molar-refractivity contribution is -0.174. The van der Waals surface area contributed by atoms with Gasteiger partial charge in [0.1, 0.15) is 0 Å². The summed E-state index contributed by atoms with van der Waals surface area (Å²) >= 11 is 0. The number of Topliss-reactive ketones (excluding diaryl/α,β-unsaturated/α-hetero) is 4. The number of fused-ring (bicyclic) bond motifs is 1. The highest BCUT2D eigenvalue weighted by molar-refractivity contribution is 6.40. The highest BCUT2D eigenvalue weighted by Crippen LogP contribution is 2.40. The first-order valence-electron chi connectivity index (χ1n) is 13.2. The second-order valence-corrected chi connectivity index (χ2v) is 10.00. The van der Waals surface area contributed by atoms with Crippen molar-refractivity contribution in [3.8, 4) is 22.3 Å². The van der Waals surface area contributed by atoms with Crippen LogP contribution in [-0.2, 0) is 38.4 Å². The highest BCUT2D eigenvalue weighted by Gasteiger charge is 2.43. The fraction of sp³-hybridized carbons (Fsp3) is 0.212. The quantitative estimate of drug-likeness (QED) is 0.139. The number of aryl methyl sites for hydroxylation is 1. The van der Waals surface area contributed by atoms with Gasteiger partial charge in [-0.2, -0.15) is 26.3 Å². The van der Waals surface area contributed by atoms with E-state index in [1.54, 1.807) is 24.3 Å². The Morgan fingerprint density at radius 2 is 1.09 bits per heavy atom. The van der Waals surface area contributed by atoms with Gasteiger partial charge in [0.05, 0.1) is 0 Å². The Morgan fingerprint density at radius 1 is 0.628 bits per heavy atom. The fourth-order valence-electron chi connectivity index (χ4n) is 4.93. The van der Waals surface area contributed by atoms with Crippen molar-refractivity contribution in [3.05, 3.63) is 95.6 Å². The van der Waals surface area contributed by atoms with Crippen molar-refractivity contribution in [2.45, 2.75) is 45.0 Å². The van der Waals surface area contributed by atoms with Crippen LogP contribution in [0.2, 0.25) is 0 Å². The molecule has 0 atom stereocenters. The van der Waals surface area contributed by atoms with Crippen LogP contribution in [0.3, 0.4) is 0 Å². The molecular weight excluding hydrogens is 574 g/mol. The standard InChI is InChI=1S/C33H24F6O4/c1-2-5-25-24-7-4-3-6-23(24)18-26(21-12-8-19(9-13-21)16-27(40)30(42)32(34,35)36)29(25)22-14-10-20(11-15-22)17-28(41)31(43)33(37,38)39/h3-4,6-15,18H,2,5,16-17H2,1H3. The van der Waals surface area contributed by atoms with Crippen LogP contribution in [0.1, 0.15) is 30.0 Å². The van der Waals surface area contributed by atoms with Crippen molar-refractivity contribution in [1.29, 1.82) is 0 Å². The lowest BCUT2D eigenvalue weighted by Crippen LogP contribution is -2.31. The van der Waals surface area contributed by atoms with E-state index in [0.29, 0.717) is 17.5 Å². The summed E-state index contributed by atoms with van der Waals surface area (Å²) in [6.07, 6.45) is -10.5. The van der Waals surface area contributed by atoms with Crippen LogP contribution in [-0.4, -0.2) is 35.5 Å². The SMILES string of the molecule is CCCc1c(-c2ccc(CC(=O)C(=O)C(F)(F)F)cc2)c(-c2ccc(CC(=O)C(=O)C(F)(F)F)cc2)cc2ccccc12. The van der Waals surface area contributed by atoms with Gasteiger partial charge in [0.2, 0.25) is 11.6 Å². The van der Waals surface area contributed by atoms with Gasteiger partial charge in [-0.3, -0.25) is 19.2 Å². The molecule has 0 aliphatic carbocycles. The monoisotopic (exact) mass is 598 g/mol. The van der Waals surface area contributed by atoms with Crippen LogP contribution in [0.4, 0.5) is 26.3 Å². The Labute approximate surface area is 242 Å². The molecule has 0 aliphatic heterocycles. The minimum Gasteiger partial charge on any atom is -0.290 e. The summed E-state index contributed by atoms with van der Waals surface area (Å²) in [4.78, 5) is 46.3. The van der Waals surface area contributed by atoms with Crippen molar-refractivity contribution in [2.24, 2.45) is 0 Å². The zero-order chi connectivity index (χ0) is 31.5. The fourth-order valence-corrected chi connectivity index (χ4v) is 4.93. The molecule has 0 saturated heterocycles. The average Bonchev–Trinajstić information content (AvgIpc) is 2.96. The summed E-state index contributed by atoms with van der Waals surface area (Å²) in [5, 5.41) is 1.90. The van der Waals surface area contributed by atoms with Crippen LogP contribution in [0.5, 0.6) is 0 Å². The van der Waals surface area contributed by atoms with Gasteiger partial charge in [0, 0.05) is 12.8 Å². The number of alkyl halides is 6. The van der Waals surface area contributed by atoms with E-state index < -0.39 is 48.3 Å². The molecule has 4 aromatic carbocycles. The molecule has 4 aromatic rings. The van der Waals surface area contributed by atoms with Gasteiger partial charge in [0.25, 0.3) is 0 Å². The van der Waals surface area contributed by atoms with Crippen molar-refractivity contribution in [1.82, 2.24) is 0 Å². The average molecular weight is 599 g/mol. The van der Waals surface area contributed by atoms with Crippen LogP contribution >= 0.6 is 0 Å². The second-order valence-electron chi connectivity index (χ2n) is 10.00. The zero-order valence-electron chi connectivity index (χ0n) is 22.7. The molecule has 0 radical (unpaired) electrons. The Morgan fingerprint density at radius 3 is 1.56 bits per heavy atom. The smallest absolute Gasteiger partial charge is 0.290 e. The molecule has 0 amide bonds. The largest absolute Gasteiger partial charge is 0.458 e. The number of hydrogen-bond acceptors (Lipinski definition) is 4. The molecule has 4 rings (SSSR count). The third-order valence-electron chi connectivity index (χ3n) is 6.92. The molecule has 0 bridgehead atoms. The summed E-state index contributed by atoms with van der Waals surface area (Å²) in [5.41, 5.74) is 4.37. The van der Waals surface area contributed by atoms with Gasteiger partial charge in [-0.1, -0.05) is 86.1 Å². The predicted octanol–water partition coefficient (Wildman–Crippen LogP) is 7.61. The summed E-state index contributed by atoms with van der Waals surface area (Å²) < 4.78 is 75.9. The predicted molar refractivity (Wildman–Crippen MR) is 148 cm³/mol. The van der Waals surface area contributed by atoms with Gasteiger partial charge < -0.3 is 0 Å². The summed E-state index contributed by atoms with van der Waals surface area (Å²) in [6, 6.07) is 22.1. The maximum atomic E-state index is 12.7. The number of benzene rings is 4. The number of carbonyl (C=O) groups excluding carboxylic acids is 4.